The first-order valence-electron chi connectivity index (χ1n) is 11.1. The average molecular weight is 1020 g/mol. The van der Waals surface area contributed by atoms with Crippen molar-refractivity contribution in [3.05, 3.63) is 48.5 Å². The fourth-order valence-electron chi connectivity index (χ4n) is 2.64. The third-order valence-electron chi connectivity index (χ3n) is 4.47. The van der Waals surface area contributed by atoms with Crippen molar-refractivity contribution in [3.8, 4) is 11.5 Å². The second-order valence-electron chi connectivity index (χ2n) is 7.88. The number of rotatable bonds is 8. The van der Waals surface area contributed by atoms with Crippen molar-refractivity contribution in [1.29, 1.82) is 0 Å². The van der Waals surface area contributed by atoms with Gasteiger partial charge in [-0.1, -0.05) is 36.4 Å². The molecule has 0 aliphatic rings. The fourth-order valence-corrected chi connectivity index (χ4v) is 10.8. The number of para-hydroxylation sites is 2. The third-order valence-corrected chi connectivity index (χ3v) is 14.3. The summed E-state index contributed by atoms with van der Waals surface area (Å²) in [6.45, 7) is -0.0379. The van der Waals surface area contributed by atoms with Gasteiger partial charge in [0.2, 0.25) is 0 Å². The van der Waals surface area contributed by atoms with Crippen LogP contribution >= 0.6 is 35.7 Å². The van der Waals surface area contributed by atoms with E-state index in [2.05, 4.69) is 30.1 Å². The summed E-state index contributed by atoms with van der Waals surface area (Å²) in [5, 5.41) is 0.207. The van der Waals surface area contributed by atoms with E-state index in [1.807, 2.05) is 30.8 Å². The molecule has 2 aromatic carbocycles. The first-order valence-corrected chi connectivity index (χ1v) is 23.8. The molecule has 0 unspecified atom stereocenters. The van der Waals surface area contributed by atoms with Crippen molar-refractivity contribution in [2.75, 3.05) is 14.2 Å². The third kappa shape index (κ3) is 19.0. The summed E-state index contributed by atoms with van der Waals surface area (Å²) in [6, 6.07) is 11.8. The molecule has 0 bridgehead atoms. The summed E-state index contributed by atoms with van der Waals surface area (Å²) < 4.78 is 196. The Morgan fingerprint density at radius 2 is 0.940 bits per heavy atom. The SMILES string of the molecule is COc1ccccc1[Si](C)(Cl)Cl.COc1ccccc1[Si](C)(OS(=O)(=O)C(F)(F)F)OS(=O)(=O)C(F)(F)F.O=[S-](=O)C(F)(F)F.S.S=S.[O]=[Ag]. The Morgan fingerprint density at radius 3 is 1.16 bits per heavy atom. The summed E-state index contributed by atoms with van der Waals surface area (Å²) in [6.07, 6.45) is 0. The second-order valence-corrected chi connectivity index (χ2v) is 22.8. The van der Waals surface area contributed by atoms with Crippen LogP contribution in [0.15, 0.2) is 48.5 Å². The zero-order chi connectivity index (χ0) is 39.9. The van der Waals surface area contributed by atoms with Crippen LogP contribution in [-0.2, 0) is 93.8 Å². The Morgan fingerprint density at radius 1 is 0.680 bits per heavy atom. The Labute approximate surface area is 322 Å². The molecular weight excluding hydrogens is 1000 g/mol. The monoisotopic (exact) mass is 1020 g/mol. The Kier molecular flexibility index (Phi) is 26.3. The van der Waals surface area contributed by atoms with E-state index in [1.165, 1.54) is 6.07 Å². The van der Waals surface area contributed by atoms with Gasteiger partial charge in [0.25, 0.3) is 6.69 Å². The number of methoxy groups -OCH3 is 2. The van der Waals surface area contributed by atoms with E-state index in [0.717, 1.165) is 36.2 Å². The molecule has 50 heavy (non-hydrogen) atoms. The molecule has 11 nitrogen and oxygen atoms in total. The molecule has 0 spiro atoms. The van der Waals surface area contributed by atoms with Crippen LogP contribution in [0.2, 0.25) is 13.1 Å². The Hall–Kier alpha value is -0.476. The van der Waals surface area contributed by atoms with Crippen LogP contribution < -0.4 is 19.8 Å². The van der Waals surface area contributed by atoms with Crippen LogP contribution in [0.5, 0.6) is 11.5 Å². The molecule has 0 saturated carbocycles. The van der Waals surface area contributed by atoms with Gasteiger partial charge in [0, 0.05) is 43.5 Å². The van der Waals surface area contributed by atoms with E-state index in [9.17, 15) is 56.3 Å². The number of hydrogen-bond donors (Lipinski definition) is 0. The first-order chi connectivity index (χ1) is 22.0. The van der Waals surface area contributed by atoms with Gasteiger partial charge < -0.3 is 17.9 Å². The molecule has 0 amide bonds. The van der Waals surface area contributed by atoms with Crippen molar-refractivity contribution in [1.82, 2.24) is 0 Å². The molecule has 2 aromatic rings. The summed E-state index contributed by atoms with van der Waals surface area (Å²) in [5.74, 6) is 0.341. The molecule has 31 heteroatoms. The molecule has 0 fully saturated rings. The average Bonchev–Trinajstić information content (AvgIpc) is 2.97. The molecular formula is C19H22AgCl2F9O11S6Si2-. The van der Waals surface area contributed by atoms with Crippen molar-refractivity contribution >= 4 is 115 Å². The molecule has 0 saturated heterocycles. The number of hydrogen-bond acceptors (Lipinski definition) is 14. The van der Waals surface area contributed by atoms with E-state index in [-0.39, 0.29) is 13.5 Å². The van der Waals surface area contributed by atoms with Gasteiger partial charge in [-0.05, 0) is 25.2 Å². The summed E-state index contributed by atoms with van der Waals surface area (Å²) >= 11 is 21.2. The molecule has 0 radical (unpaired) electrons. The van der Waals surface area contributed by atoms with Crippen LogP contribution in [0.3, 0.4) is 0 Å². The number of benzene rings is 2. The predicted molar refractivity (Wildman–Crippen MR) is 173 cm³/mol. The van der Waals surface area contributed by atoms with Crippen molar-refractivity contribution in [2.45, 2.75) is 29.6 Å². The maximum absolute atomic E-state index is 12.6. The Bertz CT molecular complexity index is 1570. The number of alkyl halides is 9. The number of halogens is 11. The molecule has 0 heterocycles. The Balaban J connectivity index is -0.000000363. The van der Waals surface area contributed by atoms with Gasteiger partial charge in [-0.25, -0.2) is 0 Å². The predicted octanol–water partition coefficient (Wildman–Crippen LogP) is 4.96. The van der Waals surface area contributed by atoms with Crippen molar-refractivity contribution in [3.63, 3.8) is 0 Å². The van der Waals surface area contributed by atoms with Crippen LogP contribution in [0.4, 0.5) is 39.5 Å². The maximum atomic E-state index is 12.6. The molecule has 0 N–H and O–H groups in total. The molecule has 0 aliphatic heterocycles. The van der Waals surface area contributed by atoms with Gasteiger partial charge in [0.15, 0.2) is 0 Å². The van der Waals surface area contributed by atoms with Gasteiger partial charge in [-0.2, -0.15) is 69.8 Å². The van der Waals surface area contributed by atoms with E-state index in [1.54, 1.807) is 28.2 Å². The van der Waals surface area contributed by atoms with Gasteiger partial charge in [-0.3, -0.25) is 7.74 Å². The quantitative estimate of drug-likeness (QED) is 0.115. The minimum absolute atomic E-state index is 0. The van der Waals surface area contributed by atoms with Gasteiger partial charge >= 0.3 is 69.6 Å². The van der Waals surface area contributed by atoms with E-state index in [0.29, 0.717) is 6.55 Å². The van der Waals surface area contributed by atoms with Crippen LogP contribution in [0, 0.1) is 0 Å². The molecule has 0 atom stereocenters. The van der Waals surface area contributed by atoms with Crippen LogP contribution in [-0.4, -0.2) is 62.8 Å². The van der Waals surface area contributed by atoms with E-state index < -0.39 is 73.7 Å². The number of ether oxygens (including phenoxy) is 2. The summed E-state index contributed by atoms with van der Waals surface area (Å²) in [4.78, 5) is 0. The molecule has 2 rings (SSSR count). The van der Waals surface area contributed by atoms with Gasteiger partial charge in [-0.15, -0.1) is 22.2 Å². The molecule has 297 valence electrons. The topological polar surface area (TPSA) is 156 Å². The van der Waals surface area contributed by atoms with E-state index >= 15 is 0 Å². The standard InChI is InChI=1S/C10H10F6O7S2Si.C8H10Cl2OSi.CF3O2S.Ag.O.S2.H2S/c1-21-7-5-3-4-6-8(7)26(2,22-24(17,18)9(11,12)13)23-25(19,20)10(14,15)16;1-11-7-5-3-4-6-8(7)12(2,9)10;2-1(3,4)7(5)6;;;1-2;/h3-6H,1-2H3;3-6H,1-2H3;;;;;1H2/q;;-1;;;;. The molecule has 0 aliphatic carbocycles. The van der Waals surface area contributed by atoms with Crippen LogP contribution in [0.25, 0.3) is 0 Å². The van der Waals surface area contributed by atoms with Crippen molar-refractivity contribution in [2.24, 2.45) is 0 Å². The zero-order valence-corrected chi connectivity index (χ0v) is 34.7. The fraction of sp³-hybridized carbons (Fsp3) is 0.368. The van der Waals surface area contributed by atoms with Gasteiger partial charge in [0.05, 0.1) is 14.2 Å². The summed E-state index contributed by atoms with van der Waals surface area (Å²) in [7, 11) is -19.8. The zero-order valence-electron chi connectivity index (χ0n) is 24.6. The summed E-state index contributed by atoms with van der Waals surface area (Å²) in [5.41, 5.74) is -17.1. The van der Waals surface area contributed by atoms with Crippen molar-refractivity contribution < 1.29 is 106 Å². The minimum atomic E-state index is -6.50. The van der Waals surface area contributed by atoms with E-state index in [4.69, 9.17) is 43.3 Å². The first kappa shape index (κ1) is 56.3. The van der Waals surface area contributed by atoms with Gasteiger partial charge in [0.1, 0.15) is 11.5 Å². The normalized spacial score (nSPS) is 12.1. The molecule has 0 aromatic heterocycles. The van der Waals surface area contributed by atoms with Crippen LogP contribution in [0.1, 0.15) is 0 Å². The second kappa shape index (κ2) is 23.3.